The molecule has 204 valence electrons. The summed E-state index contributed by atoms with van der Waals surface area (Å²) >= 11 is 0. The maximum atomic E-state index is 11.3. The van der Waals surface area contributed by atoms with E-state index >= 15 is 0 Å². The molecule has 0 unspecified atom stereocenters. The molecule has 0 spiro atoms. The topological polar surface area (TPSA) is 76.7 Å². The number of benzene rings is 4. The summed E-state index contributed by atoms with van der Waals surface area (Å²) in [6, 6.07) is 24.9. The van der Waals surface area contributed by atoms with Crippen molar-refractivity contribution < 1.29 is 19.1 Å². The second-order valence-electron chi connectivity index (χ2n) is 9.79. The zero-order valence-electron chi connectivity index (χ0n) is 22.9. The van der Waals surface area contributed by atoms with E-state index in [2.05, 4.69) is 65.2 Å². The van der Waals surface area contributed by atoms with Gasteiger partial charge in [-0.25, -0.2) is 0 Å². The lowest BCUT2D eigenvalue weighted by Gasteiger charge is -2.13. The van der Waals surface area contributed by atoms with Gasteiger partial charge < -0.3 is 20.1 Å². The van der Waals surface area contributed by atoms with Crippen LogP contribution in [0.4, 0.5) is 0 Å². The molecule has 0 saturated carbocycles. The van der Waals surface area contributed by atoms with Gasteiger partial charge in [0.25, 0.3) is 0 Å². The predicted octanol–water partition coefficient (Wildman–Crippen LogP) is 5.98. The first-order valence-electron chi connectivity index (χ1n) is 13.8. The van der Waals surface area contributed by atoms with Gasteiger partial charge in [0, 0.05) is 32.3 Å². The number of amides is 2. The third-order valence-electron chi connectivity index (χ3n) is 6.75. The van der Waals surface area contributed by atoms with Crippen LogP contribution < -0.4 is 20.1 Å². The summed E-state index contributed by atoms with van der Waals surface area (Å²) in [5.41, 5.74) is 2.38. The van der Waals surface area contributed by atoms with Gasteiger partial charge in [0.1, 0.15) is 11.5 Å². The Morgan fingerprint density at radius 1 is 0.667 bits per heavy atom. The van der Waals surface area contributed by atoms with E-state index < -0.39 is 0 Å². The maximum Gasteiger partial charge on any atom is 0.216 e. The van der Waals surface area contributed by atoms with E-state index in [9.17, 15) is 9.59 Å². The number of fused-ring (bicyclic) bond motifs is 2. The molecule has 0 fully saturated rings. The molecule has 0 saturated heterocycles. The first kappa shape index (κ1) is 28.0. The molecule has 0 atom stereocenters. The van der Waals surface area contributed by atoms with Crippen LogP contribution in [0.25, 0.3) is 21.5 Å². The monoisotopic (exact) mass is 526 g/mol. The third-order valence-corrected chi connectivity index (χ3v) is 6.75. The second-order valence-corrected chi connectivity index (χ2v) is 9.79. The molecular formula is C33H38N2O4. The van der Waals surface area contributed by atoms with Crippen LogP contribution in [0.3, 0.4) is 0 Å². The molecule has 0 bridgehead atoms. The number of carbonyl (C=O) groups excluding carboxylic acids is 2. The number of unbranched alkanes of at least 4 members (excludes halogenated alkanes) is 2. The van der Waals surface area contributed by atoms with E-state index in [1.807, 2.05) is 18.2 Å². The van der Waals surface area contributed by atoms with Crippen molar-refractivity contribution in [2.75, 3.05) is 26.3 Å². The summed E-state index contributed by atoms with van der Waals surface area (Å²) in [5, 5.41) is 10.4. The number of carbonyl (C=O) groups is 2. The van der Waals surface area contributed by atoms with Gasteiger partial charge in [-0.2, -0.15) is 0 Å². The molecule has 0 aliphatic heterocycles. The molecule has 4 aromatic carbocycles. The molecule has 0 radical (unpaired) electrons. The summed E-state index contributed by atoms with van der Waals surface area (Å²) in [7, 11) is 0. The highest BCUT2D eigenvalue weighted by atomic mass is 16.5. The van der Waals surface area contributed by atoms with Gasteiger partial charge in [-0.3, -0.25) is 9.59 Å². The van der Waals surface area contributed by atoms with Crippen LogP contribution in [0.15, 0.2) is 72.8 Å². The molecule has 6 nitrogen and oxygen atoms in total. The number of rotatable bonds is 14. The van der Waals surface area contributed by atoms with Crippen molar-refractivity contribution in [3.63, 3.8) is 0 Å². The van der Waals surface area contributed by atoms with Crippen LogP contribution in [0.5, 0.6) is 11.5 Å². The molecule has 4 aromatic rings. The van der Waals surface area contributed by atoms with E-state index in [-0.39, 0.29) is 11.8 Å². The van der Waals surface area contributed by atoms with Crippen LogP contribution in [-0.2, 0) is 22.4 Å². The van der Waals surface area contributed by atoms with Gasteiger partial charge >= 0.3 is 0 Å². The Balaban J connectivity index is 1.24. The molecule has 0 aromatic heterocycles. The zero-order chi connectivity index (χ0) is 27.5. The Bertz CT molecular complexity index is 1410. The molecule has 0 aliphatic carbocycles. The maximum absolute atomic E-state index is 11.3. The minimum atomic E-state index is -0.0141. The van der Waals surface area contributed by atoms with Gasteiger partial charge in [-0.15, -0.1) is 0 Å². The van der Waals surface area contributed by atoms with Crippen molar-refractivity contribution in [3.05, 3.63) is 83.9 Å². The largest absolute Gasteiger partial charge is 0.494 e. The normalized spacial score (nSPS) is 10.9. The molecule has 6 heteroatoms. The summed E-state index contributed by atoms with van der Waals surface area (Å²) < 4.78 is 12.3. The number of nitrogens with one attached hydrogen (secondary N) is 2. The standard InChI is InChI=1S/C33H38N2O4/c1-24(36)34-19-17-27-10-6-9-26-15-16-30(23-31(26)27)38-21-4-3-5-22-39-32-14-8-13-28-11-7-12-29(33(28)32)18-20-35-25(2)37/h6-16,23H,3-5,17-22H2,1-2H3,(H,34,36)(H,35,37). The van der Waals surface area contributed by atoms with E-state index in [0.717, 1.165) is 54.4 Å². The zero-order valence-corrected chi connectivity index (χ0v) is 22.9. The van der Waals surface area contributed by atoms with Crippen LogP contribution in [0.1, 0.15) is 44.2 Å². The summed E-state index contributed by atoms with van der Waals surface area (Å²) in [5.74, 6) is 1.74. The molecular weight excluding hydrogens is 488 g/mol. The first-order valence-corrected chi connectivity index (χ1v) is 13.8. The summed E-state index contributed by atoms with van der Waals surface area (Å²) in [6.07, 6.45) is 4.45. The van der Waals surface area contributed by atoms with Crippen LogP contribution in [0, 0.1) is 0 Å². The average molecular weight is 527 g/mol. The first-order chi connectivity index (χ1) is 19.0. The molecule has 4 rings (SSSR count). The van der Waals surface area contributed by atoms with Crippen molar-refractivity contribution in [2.24, 2.45) is 0 Å². The van der Waals surface area contributed by atoms with Gasteiger partial charge in [-0.05, 0) is 77.6 Å². The van der Waals surface area contributed by atoms with Crippen molar-refractivity contribution in [1.82, 2.24) is 10.6 Å². The van der Waals surface area contributed by atoms with Crippen LogP contribution in [0.2, 0.25) is 0 Å². The lowest BCUT2D eigenvalue weighted by molar-refractivity contribution is -0.119. The molecule has 0 aliphatic rings. The Kier molecular flexibility index (Phi) is 10.2. The number of ether oxygens (including phenoxy) is 2. The lowest BCUT2D eigenvalue weighted by Crippen LogP contribution is -2.22. The van der Waals surface area contributed by atoms with E-state index in [0.29, 0.717) is 26.3 Å². The Hall–Kier alpha value is -4.06. The van der Waals surface area contributed by atoms with E-state index in [4.69, 9.17) is 9.47 Å². The predicted molar refractivity (Wildman–Crippen MR) is 158 cm³/mol. The summed E-state index contributed by atoms with van der Waals surface area (Å²) in [6.45, 7) is 5.61. The van der Waals surface area contributed by atoms with E-state index in [1.54, 1.807) is 13.8 Å². The highest BCUT2D eigenvalue weighted by Crippen LogP contribution is 2.30. The van der Waals surface area contributed by atoms with Crippen LogP contribution in [-0.4, -0.2) is 38.1 Å². The van der Waals surface area contributed by atoms with Crippen LogP contribution >= 0.6 is 0 Å². The van der Waals surface area contributed by atoms with Gasteiger partial charge in [0.05, 0.1) is 13.2 Å². The average Bonchev–Trinajstić information content (AvgIpc) is 2.92. The lowest BCUT2D eigenvalue weighted by atomic mass is 10.0. The van der Waals surface area contributed by atoms with Crippen molar-refractivity contribution in [3.8, 4) is 11.5 Å². The smallest absolute Gasteiger partial charge is 0.216 e. The second kappa shape index (κ2) is 14.2. The van der Waals surface area contributed by atoms with Crippen molar-refractivity contribution in [1.29, 1.82) is 0 Å². The van der Waals surface area contributed by atoms with Crippen molar-refractivity contribution in [2.45, 2.75) is 46.0 Å². The Morgan fingerprint density at radius 3 is 2.00 bits per heavy atom. The van der Waals surface area contributed by atoms with Gasteiger partial charge in [0.2, 0.25) is 11.8 Å². The fraction of sp³-hybridized carbons (Fsp3) is 0.333. The quantitative estimate of drug-likeness (QED) is 0.198. The fourth-order valence-corrected chi connectivity index (χ4v) is 4.83. The minimum Gasteiger partial charge on any atom is -0.494 e. The number of hydrogen-bond acceptors (Lipinski definition) is 4. The third kappa shape index (κ3) is 8.21. The molecule has 0 heterocycles. The fourth-order valence-electron chi connectivity index (χ4n) is 4.83. The van der Waals surface area contributed by atoms with Gasteiger partial charge in [0.15, 0.2) is 0 Å². The Morgan fingerprint density at radius 2 is 1.28 bits per heavy atom. The molecule has 39 heavy (non-hydrogen) atoms. The summed E-state index contributed by atoms with van der Waals surface area (Å²) in [4.78, 5) is 22.5. The molecule has 2 amide bonds. The Labute approximate surface area is 230 Å². The van der Waals surface area contributed by atoms with Crippen molar-refractivity contribution >= 4 is 33.4 Å². The van der Waals surface area contributed by atoms with E-state index in [1.165, 1.54) is 21.9 Å². The highest BCUT2D eigenvalue weighted by Gasteiger charge is 2.08. The minimum absolute atomic E-state index is 0.00905. The molecule has 2 N–H and O–H groups in total. The van der Waals surface area contributed by atoms with Gasteiger partial charge in [-0.1, -0.05) is 54.6 Å². The SMILES string of the molecule is CC(=O)NCCc1cccc2ccc(OCCCCCOc3cccc4cccc(CCNC(C)=O)c34)cc12. The number of hydrogen-bond donors (Lipinski definition) is 2. The highest BCUT2D eigenvalue weighted by molar-refractivity contribution is 5.91.